The lowest BCUT2D eigenvalue weighted by atomic mass is 10.1. The second kappa shape index (κ2) is 7.04. The van der Waals surface area contributed by atoms with E-state index in [1.807, 2.05) is 22.9 Å². The molecule has 0 spiro atoms. The first-order chi connectivity index (χ1) is 9.63. The molecule has 2 nitrogen and oxygen atoms in total. The molecule has 108 valence electrons. The van der Waals surface area contributed by atoms with Gasteiger partial charge in [-0.3, -0.25) is 0 Å². The van der Waals surface area contributed by atoms with Gasteiger partial charge in [0.1, 0.15) is 5.82 Å². The third-order valence-electron chi connectivity index (χ3n) is 3.40. The largest absolute Gasteiger partial charge is 0.349 e. The summed E-state index contributed by atoms with van der Waals surface area (Å²) in [6.07, 6.45) is 5.15. The van der Waals surface area contributed by atoms with Gasteiger partial charge in [-0.15, -0.1) is 0 Å². The van der Waals surface area contributed by atoms with Crippen molar-refractivity contribution in [3.05, 3.63) is 58.1 Å². The molecule has 1 atom stereocenters. The van der Waals surface area contributed by atoms with Crippen LogP contribution >= 0.6 is 15.9 Å². The van der Waals surface area contributed by atoms with Crippen molar-refractivity contribution in [1.29, 1.82) is 0 Å². The molecule has 0 radical (unpaired) electrons. The maximum atomic E-state index is 13.8. The SMILES string of the molecule is CCNC(CC)c1ccn(Cc2ccc(Br)cc2F)c1. The van der Waals surface area contributed by atoms with E-state index in [2.05, 4.69) is 47.4 Å². The zero-order valence-electron chi connectivity index (χ0n) is 11.9. The van der Waals surface area contributed by atoms with E-state index in [1.165, 1.54) is 11.6 Å². The van der Waals surface area contributed by atoms with Crippen LogP contribution in [0.4, 0.5) is 4.39 Å². The Morgan fingerprint density at radius 1 is 1.30 bits per heavy atom. The number of aromatic nitrogens is 1. The number of rotatable bonds is 6. The van der Waals surface area contributed by atoms with E-state index in [9.17, 15) is 4.39 Å². The molecule has 2 rings (SSSR count). The summed E-state index contributed by atoms with van der Waals surface area (Å²) in [4.78, 5) is 0. The number of hydrogen-bond acceptors (Lipinski definition) is 1. The number of halogens is 2. The normalized spacial score (nSPS) is 12.6. The topological polar surface area (TPSA) is 17.0 Å². The molecule has 0 aliphatic rings. The molecule has 2 aromatic rings. The van der Waals surface area contributed by atoms with Gasteiger partial charge in [-0.1, -0.05) is 35.8 Å². The first kappa shape index (κ1) is 15.3. The standard InChI is InChI=1S/C16H20BrFN2/c1-3-16(19-4-2)13-7-8-20(11-13)10-12-5-6-14(17)9-15(12)18/h5-9,11,16,19H,3-4,10H2,1-2H3. The van der Waals surface area contributed by atoms with Crippen LogP contribution in [0.5, 0.6) is 0 Å². The molecule has 1 aromatic heterocycles. The van der Waals surface area contributed by atoms with Crippen LogP contribution in [0.1, 0.15) is 37.4 Å². The average molecular weight is 339 g/mol. The first-order valence-electron chi connectivity index (χ1n) is 6.97. The second-order valence-electron chi connectivity index (χ2n) is 4.87. The molecule has 0 saturated carbocycles. The minimum Gasteiger partial charge on any atom is -0.349 e. The molecular weight excluding hydrogens is 319 g/mol. The van der Waals surface area contributed by atoms with Gasteiger partial charge in [0.25, 0.3) is 0 Å². The smallest absolute Gasteiger partial charge is 0.129 e. The zero-order chi connectivity index (χ0) is 14.5. The molecule has 0 saturated heterocycles. The lowest BCUT2D eigenvalue weighted by Gasteiger charge is -2.14. The fraction of sp³-hybridized carbons (Fsp3) is 0.375. The minimum absolute atomic E-state index is 0.173. The van der Waals surface area contributed by atoms with Gasteiger partial charge in [-0.25, -0.2) is 4.39 Å². The number of benzene rings is 1. The molecule has 0 aliphatic heterocycles. The molecule has 0 amide bonds. The summed E-state index contributed by atoms with van der Waals surface area (Å²) in [6, 6.07) is 7.67. The van der Waals surface area contributed by atoms with E-state index >= 15 is 0 Å². The fourth-order valence-electron chi connectivity index (χ4n) is 2.35. The lowest BCUT2D eigenvalue weighted by molar-refractivity contribution is 0.536. The van der Waals surface area contributed by atoms with Crippen molar-refractivity contribution >= 4 is 15.9 Å². The van der Waals surface area contributed by atoms with Crippen molar-refractivity contribution in [2.75, 3.05) is 6.54 Å². The van der Waals surface area contributed by atoms with Gasteiger partial charge in [0.15, 0.2) is 0 Å². The molecule has 0 aliphatic carbocycles. The van der Waals surface area contributed by atoms with Crippen molar-refractivity contribution in [3.63, 3.8) is 0 Å². The maximum absolute atomic E-state index is 13.8. The number of nitrogens with zero attached hydrogens (tertiary/aromatic N) is 1. The van der Waals surface area contributed by atoms with Crippen LogP contribution in [-0.4, -0.2) is 11.1 Å². The van der Waals surface area contributed by atoms with E-state index in [0.29, 0.717) is 18.2 Å². The Hall–Kier alpha value is -1.13. The Labute approximate surface area is 128 Å². The highest BCUT2D eigenvalue weighted by molar-refractivity contribution is 9.10. The third-order valence-corrected chi connectivity index (χ3v) is 3.90. The Morgan fingerprint density at radius 2 is 2.10 bits per heavy atom. The Kier molecular flexibility index (Phi) is 5.38. The lowest BCUT2D eigenvalue weighted by Crippen LogP contribution is -2.19. The van der Waals surface area contributed by atoms with Gasteiger partial charge < -0.3 is 9.88 Å². The predicted molar refractivity (Wildman–Crippen MR) is 84.3 cm³/mol. The molecule has 4 heteroatoms. The Balaban J connectivity index is 2.12. The second-order valence-corrected chi connectivity index (χ2v) is 5.79. The van der Waals surface area contributed by atoms with Crippen molar-refractivity contribution < 1.29 is 4.39 Å². The molecule has 1 N–H and O–H groups in total. The minimum atomic E-state index is -0.173. The van der Waals surface area contributed by atoms with Crippen LogP contribution in [0.2, 0.25) is 0 Å². The summed E-state index contributed by atoms with van der Waals surface area (Å²) in [7, 11) is 0. The van der Waals surface area contributed by atoms with Gasteiger partial charge in [0.2, 0.25) is 0 Å². The fourth-order valence-corrected chi connectivity index (χ4v) is 2.69. The quantitative estimate of drug-likeness (QED) is 0.820. The van der Waals surface area contributed by atoms with E-state index in [1.54, 1.807) is 0 Å². The van der Waals surface area contributed by atoms with E-state index in [4.69, 9.17) is 0 Å². The summed E-state index contributed by atoms with van der Waals surface area (Å²) in [5.74, 6) is -0.173. The monoisotopic (exact) mass is 338 g/mol. The highest BCUT2D eigenvalue weighted by Gasteiger charge is 2.10. The molecule has 1 heterocycles. The zero-order valence-corrected chi connectivity index (χ0v) is 13.5. The summed E-state index contributed by atoms with van der Waals surface area (Å²) >= 11 is 3.28. The summed E-state index contributed by atoms with van der Waals surface area (Å²) < 4.78 is 16.6. The van der Waals surface area contributed by atoms with Gasteiger partial charge in [-0.05, 0) is 36.7 Å². The molecule has 0 fully saturated rings. The Morgan fingerprint density at radius 3 is 2.75 bits per heavy atom. The van der Waals surface area contributed by atoms with Gasteiger partial charge in [0.05, 0.1) is 0 Å². The summed E-state index contributed by atoms with van der Waals surface area (Å²) in [5.41, 5.74) is 1.96. The van der Waals surface area contributed by atoms with Crippen molar-refractivity contribution in [1.82, 2.24) is 9.88 Å². The summed E-state index contributed by atoms with van der Waals surface area (Å²) in [5, 5.41) is 3.45. The molecule has 20 heavy (non-hydrogen) atoms. The molecule has 0 bridgehead atoms. The maximum Gasteiger partial charge on any atom is 0.129 e. The van der Waals surface area contributed by atoms with Crippen molar-refractivity contribution in [2.45, 2.75) is 32.9 Å². The van der Waals surface area contributed by atoms with E-state index in [0.717, 1.165) is 17.4 Å². The van der Waals surface area contributed by atoms with Crippen LogP contribution in [-0.2, 0) is 6.54 Å². The highest BCUT2D eigenvalue weighted by atomic mass is 79.9. The summed E-state index contributed by atoms with van der Waals surface area (Å²) in [6.45, 7) is 5.78. The van der Waals surface area contributed by atoms with Crippen molar-refractivity contribution in [3.8, 4) is 0 Å². The number of nitrogens with one attached hydrogen (secondary N) is 1. The van der Waals surface area contributed by atoms with Crippen LogP contribution in [0.25, 0.3) is 0 Å². The number of hydrogen-bond donors (Lipinski definition) is 1. The average Bonchev–Trinajstić information content (AvgIpc) is 2.87. The Bertz CT molecular complexity index is 565. The van der Waals surface area contributed by atoms with Crippen LogP contribution in [0.15, 0.2) is 41.1 Å². The molecule has 1 unspecified atom stereocenters. The van der Waals surface area contributed by atoms with E-state index in [-0.39, 0.29) is 5.82 Å². The predicted octanol–water partition coefficient (Wildman–Crippen LogP) is 4.50. The van der Waals surface area contributed by atoms with Gasteiger partial charge >= 0.3 is 0 Å². The van der Waals surface area contributed by atoms with Gasteiger partial charge in [0, 0.05) is 35.0 Å². The first-order valence-corrected chi connectivity index (χ1v) is 7.76. The van der Waals surface area contributed by atoms with E-state index < -0.39 is 0 Å². The highest BCUT2D eigenvalue weighted by Crippen LogP contribution is 2.19. The van der Waals surface area contributed by atoms with Crippen LogP contribution < -0.4 is 5.32 Å². The van der Waals surface area contributed by atoms with Crippen LogP contribution in [0.3, 0.4) is 0 Å². The van der Waals surface area contributed by atoms with Crippen molar-refractivity contribution in [2.24, 2.45) is 0 Å². The molecule has 1 aromatic carbocycles. The molecular formula is C16H20BrFN2. The third kappa shape index (κ3) is 3.70. The van der Waals surface area contributed by atoms with Crippen LogP contribution in [0, 0.1) is 5.82 Å². The van der Waals surface area contributed by atoms with Gasteiger partial charge in [-0.2, -0.15) is 0 Å².